The highest BCUT2D eigenvalue weighted by Crippen LogP contribution is 2.30. The van der Waals surface area contributed by atoms with Gasteiger partial charge in [0, 0.05) is 11.1 Å². The maximum absolute atomic E-state index is 11.4. The summed E-state index contributed by atoms with van der Waals surface area (Å²) in [7, 11) is -5.19. The van der Waals surface area contributed by atoms with Gasteiger partial charge in [-0.3, -0.25) is 14.8 Å². The number of benzene rings is 1. The second-order valence-corrected chi connectivity index (χ2v) is 12.3. The summed E-state index contributed by atoms with van der Waals surface area (Å²) in [5, 5.41) is 11.1. The van der Waals surface area contributed by atoms with Crippen molar-refractivity contribution in [1.29, 1.82) is 0 Å². The molecule has 0 spiro atoms. The van der Waals surface area contributed by atoms with Crippen LogP contribution < -0.4 is 4.72 Å². The van der Waals surface area contributed by atoms with Crippen LogP contribution in [0.2, 0.25) is 19.6 Å². The van der Waals surface area contributed by atoms with Gasteiger partial charge >= 0.3 is 0 Å². The van der Waals surface area contributed by atoms with E-state index in [0.29, 0.717) is 11.1 Å². The largest absolute Gasteiger partial charge is 0.296 e. The van der Waals surface area contributed by atoms with Crippen LogP contribution in [0.3, 0.4) is 0 Å². The number of aryl methyl sites for hydroxylation is 1. The van der Waals surface area contributed by atoms with Crippen LogP contribution in [0.25, 0.3) is 0 Å². The lowest BCUT2D eigenvalue weighted by atomic mass is 10.1. The van der Waals surface area contributed by atoms with E-state index in [1.54, 1.807) is 13.0 Å². The van der Waals surface area contributed by atoms with Gasteiger partial charge in [-0.25, -0.2) is 8.42 Å². The van der Waals surface area contributed by atoms with Gasteiger partial charge in [0.05, 0.1) is 11.2 Å². The van der Waals surface area contributed by atoms with Crippen molar-refractivity contribution >= 4 is 29.5 Å². The number of hydrogen-bond acceptors (Lipinski definition) is 4. The second kappa shape index (κ2) is 5.87. The molecule has 0 bridgehead atoms. The van der Waals surface area contributed by atoms with Crippen LogP contribution in [-0.2, 0) is 10.0 Å². The van der Waals surface area contributed by atoms with Crippen molar-refractivity contribution in [2.75, 3.05) is 11.0 Å². The van der Waals surface area contributed by atoms with E-state index >= 15 is 0 Å². The third-order valence-corrected chi connectivity index (χ3v) is 3.83. The summed E-state index contributed by atoms with van der Waals surface area (Å²) in [6, 6.07) is 3.00. The van der Waals surface area contributed by atoms with E-state index in [1.807, 2.05) is 0 Å². The molecule has 1 aromatic rings. The van der Waals surface area contributed by atoms with Gasteiger partial charge in [0.1, 0.15) is 13.8 Å². The molecule has 0 amide bonds. The van der Waals surface area contributed by atoms with Crippen molar-refractivity contribution in [2.24, 2.45) is 0 Å². The number of hydrogen-bond donors (Lipinski definition) is 1. The lowest BCUT2D eigenvalue weighted by Gasteiger charge is -2.08. The number of anilines is 1. The minimum atomic E-state index is -3.60. The van der Waals surface area contributed by atoms with Crippen molar-refractivity contribution in [3.8, 4) is 11.5 Å². The summed E-state index contributed by atoms with van der Waals surface area (Å²) in [6.45, 7) is 7.79. The minimum Gasteiger partial charge on any atom is -0.277 e. The van der Waals surface area contributed by atoms with E-state index in [4.69, 9.17) is 0 Å². The first-order chi connectivity index (χ1) is 9.39. The quantitative estimate of drug-likeness (QED) is 0.400. The van der Waals surface area contributed by atoms with Crippen molar-refractivity contribution < 1.29 is 13.3 Å². The van der Waals surface area contributed by atoms with E-state index in [0.717, 1.165) is 6.26 Å². The van der Waals surface area contributed by atoms with Crippen molar-refractivity contribution in [3.63, 3.8) is 0 Å². The Hall–Kier alpha value is -1.85. The smallest absolute Gasteiger partial charge is 0.277 e. The molecule has 0 saturated carbocycles. The fraction of sp³-hybridized carbons (Fsp3) is 0.385. The first-order valence-electron chi connectivity index (χ1n) is 6.19. The van der Waals surface area contributed by atoms with Gasteiger partial charge in [-0.15, -0.1) is 5.54 Å². The molecule has 0 fully saturated rings. The van der Waals surface area contributed by atoms with Crippen molar-refractivity contribution in [2.45, 2.75) is 26.6 Å². The van der Waals surface area contributed by atoms with Gasteiger partial charge in [-0.1, -0.05) is 25.6 Å². The van der Waals surface area contributed by atoms with Gasteiger partial charge in [-0.05, 0) is 19.1 Å². The zero-order valence-electron chi connectivity index (χ0n) is 12.6. The molecule has 8 heteroatoms. The Balaban J connectivity index is 3.46. The number of nitrogens with one attached hydrogen (secondary N) is 1. The van der Waals surface area contributed by atoms with Crippen LogP contribution in [-0.4, -0.2) is 27.7 Å². The topological polar surface area (TPSA) is 89.3 Å². The van der Waals surface area contributed by atoms with Crippen LogP contribution in [0.15, 0.2) is 12.1 Å². The Kier molecular flexibility index (Phi) is 4.81. The third kappa shape index (κ3) is 5.57. The molecule has 0 aliphatic rings. The predicted octanol–water partition coefficient (Wildman–Crippen LogP) is 2.50. The predicted molar refractivity (Wildman–Crippen MR) is 86.5 cm³/mol. The summed E-state index contributed by atoms with van der Waals surface area (Å²) in [5.74, 6) is 2.97. The molecule has 0 saturated heterocycles. The van der Waals surface area contributed by atoms with Crippen LogP contribution in [0.5, 0.6) is 0 Å². The van der Waals surface area contributed by atoms with Gasteiger partial charge in [0.2, 0.25) is 10.0 Å². The van der Waals surface area contributed by atoms with E-state index in [9.17, 15) is 18.5 Å². The molecule has 1 N–H and O–H groups in total. The SMILES string of the molecule is Cc1cc(C#C[Si](C)(C)C)cc(NS(C)(=O)=O)c1[N+](=O)[O-]. The number of sulfonamides is 1. The maximum Gasteiger partial charge on any atom is 0.296 e. The molecule has 114 valence electrons. The molecule has 1 rings (SSSR count). The molecule has 21 heavy (non-hydrogen) atoms. The maximum atomic E-state index is 11.4. The summed E-state index contributed by atoms with van der Waals surface area (Å²) in [6.07, 6.45) is 0.951. The highest BCUT2D eigenvalue weighted by Gasteiger charge is 2.20. The van der Waals surface area contributed by atoms with E-state index in [-0.39, 0.29) is 11.4 Å². The summed E-state index contributed by atoms with van der Waals surface area (Å²) in [4.78, 5) is 10.5. The van der Waals surface area contributed by atoms with Crippen molar-refractivity contribution in [1.82, 2.24) is 0 Å². The third-order valence-electron chi connectivity index (χ3n) is 2.36. The molecule has 1 aromatic carbocycles. The molecular formula is C13H18N2O4SSi. The van der Waals surface area contributed by atoms with Gasteiger partial charge in [-0.2, -0.15) is 0 Å². The molecular weight excluding hydrogens is 308 g/mol. The highest BCUT2D eigenvalue weighted by molar-refractivity contribution is 7.92. The Morgan fingerprint density at radius 1 is 1.29 bits per heavy atom. The lowest BCUT2D eigenvalue weighted by molar-refractivity contribution is -0.384. The number of nitro benzene ring substituents is 1. The number of nitrogens with zero attached hydrogens (tertiary/aromatic N) is 1. The number of rotatable bonds is 3. The molecule has 6 nitrogen and oxygen atoms in total. The fourth-order valence-electron chi connectivity index (χ4n) is 1.63. The second-order valence-electron chi connectivity index (χ2n) is 5.82. The zero-order valence-corrected chi connectivity index (χ0v) is 14.5. The van der Waals surface area contributed by atoms with Crippen LogP contribution >= 0.6 is 0 Å². The molecule has 0 unspecified atom stereocenters. The molecule has 0 aromatic heterocycles. The van der Waals surface area contributed by atoms with E-state index in [1.165, 1.54) is 6.07 Å². The normalized spacial score (nSPS) is 11.5. The first kappa shape index (κ1) is 17.2. The van der Waals surface area contributed by atoms with Gasteiger partial charge in [0.15, 0.2) is 0 Å². The summed E-state index contributed by atoms with van der Waals surface area (Å²) < 4.78 is 24.9. The highest BCUT2D eigenvalue weighted by atomic mass is 32.2. The van der Waals surface area contributed by atoms with Gasteiger partial charge in [0.25, 0.3) is 5.69 Å². The molecule has 0 aliphatic heterocycles. The fourth-order valence-corrected chi connectivity index (χ4v) is 2.71. The average molecular weight is 326 g/mol. The Bertz CT molecular complexity index is 740. The molecule has 0 radical (unpaired) electrons. The number of nitro groups is 1. The summed E-state index contributed by atoms with van der Waals surface area (Å²) in [5.41, 5.74) is 3.77. The standard InChI is InChI=1S/C13H18N2O4SSi/c1-10-8-11(6-7-21(3,4)5)9-12(13(10)15(16)17)14-20(2,18)19/h8-9,14H,1-5H3. The minimum absolute atomic E-state index is 0.0534. The van der Waals surface area contributed by atoms with E-state index < -0.39 is 23.0 Å². The van der Waals surface area contributed by atoms with Crippen LogP contribution in [0.4, 0.5) is 11.4 Å². The lowest BCUT2D eigenvalue weighted by Crippen LogP contribution is -2.16. The molecule has 0 atom stereocenters. The van der Waals surface area contributed by atoms with Crippen molar-refractivity contribution in [3.05, 3.63) is 33.4 Å². The van der Waals surface area contributed by atoms with Gasteiger partial charge < -0.3 is 0 Å². The Morgan fingerprint density at radius 2 is 1.86 bits per heavy atom. The Labute approximate surface area is 125 Å². The van der Waals surface area contributed by atoms with Crippen LogP contribution in [0, 0.1) is 28.5 Å². The van der Waals surface area contributed by atoms with Crippen LogP contribution in [0.1, 0.15) is 11.1 Å². The summed E-state index contributed by atoms with van der Waals surface area (Å²) >= 11 is 0. The average Bonchev–Trinajstić information content (AvgIpc) is 2.21. The monoisotopic (exact) mass is 326 g/mol. The zero-order chi connectivity index (χ0) is 16.4. The molecule has 0 aliphatic carbocycles. The Morgan fingerprint density at radius 3 is 2.29 bits per heavy atom. The first-order valence-corrected chi connectivity index (χ1v) is 11.6. The molecule has 0 heterocycles. The van der Waals surface area contributed by atoms with E-state index in [2.05, 4.69) is 35.8 Å².